The third-order valence-corrected chi connectivity index (χ3v) is 4.50. The van der Waals surface area contributed by atoms with Gasteiger partial charge in [0.1, 0.15) is 11.3 Å². The van der Waals surface area contributed by atoms with Crippen LogP contribution in [0.2, 0.25) is 4.34 Å². The van der Waals surface area contributed by atoms with Crippen LogP contribution in [0, 0.1) is 0 Å². The van der Waals surface area contributed by atoms with E-state index in [2.05, 4.69) is 10.5 Å². The van der Waals surface area contributed by atoms with Crippen molar-refractivity contribution in [3.05, 3.63) is 22.0 Å². The monoisotopic (exact) mass is 331 g/mol. The fraction of sp³-hybridized carbons (Fsp3) is 0.333. The maximum absolute atomic E-state index is 12.2. The molecule has 2 rings (SSSR count). The number of thiophene rings is 1. The van der Waals surface area contributed by atoms with Crippen LogP contribution in [0.5, 0.6) is 0 Å². The minimum atomic E-state index is -0.274. The van der Waals surface area contributed by atoms with Crippen molar-refractivity contribution in [3.8, 4) is 10.6 Å². The maximum Gasteiger partial charge on any atom is 0.259 e. The van der Waals surface area contributed by atoms with Gasteiger partial charge in [0.25, 0.3) is 5.91 Å². The van der Waals surface area contributed by atoms with Gasteiger partial charge in [-0.1, -0.05) is 16.8 Å². The number of nitrogen functional groups attached to an aromatic ring is 1. The van der Waals surface area contributed by atoms with Crippen LogP contribution in [0.4, 0.5) is 5.88 Å². The number of hydrogen-bond acceptors (Lipinski definition) is 6. The fourth-order valence-electron chi connectivity index (χ4n) is 1.64. The van der Waals surface area contributed by atoms with Crippen LogP contribution in [0.1, 0.15) is 16.8 Å². The van der Waals surface area contributed by atoms with Crippen molar-refractivity contribution in [2.75, 3.05) is 24.3 Å². The molecule has 1 amide bonds. The Kier molecular flexibility index (Phi) is 5.33. The lowest BCUT2D eigenvalue weighted by atomic mass is 10.2. The van der Waals surface area contributed by atoms with Gasteiger partial charge in [-0.2, -0.15) is 11.8 Å². The van der Waals surface area contributed by atoms with E-state index in [1.165, 1.54) is 11.3 Å². The van der Waals surface area contributed by atoms with Crippen molar-refractivity contribution in [1.82, 2.24) is 10.5 Å². The van der Waals surface area contributed by atoms with Crippen LogP contribution in [-0.2, 0) is 0 Å². The summed E-state index contributed by atoms with van der Waals surface area (Å²) in [6.45, 7) is 0.592. The van der Waals surface area contributed by atoms with Crippen molar-refractivity contribution < 1.29 is 9.32 Å². The second-order valence-corrected chi connectivity index (χ2v) is 6.68. The SMILES string of the molecule is CSCCCNC(=O)c1c(-c2ccc(Cl)s2)noc1N. The third-order valence-electron chi connectivity index (χ3n) is 2.56. The molecule has 2 heterocycles. The molecular formula is C12H14ClN3O2S2. The van der Waals surface area contributed by atoms with E-state index in [0.717, 1.165) is 17.1 Å². The van der Waals surface area contributed by atoms with E-state index in [-0.39, 0.29) is 17.4 Å². The summed E-state index contributed by atoms with van der Waals surface area (Å²) in [6, 6.07) is 3.53. The van der Waals surface area contributed by atoms with Crippen molar-refractivity contribution in [2.45, 2.75) is 6.42 Å². The van der Waals surface area contributed by atoms with E-state index >= 15 is 0 Å². The van der Waals surface area contributed by atoms with Gasteiger partial charge in [-0.05, 0) is 30.6 Å². The summed E-state index contributed by atoms with van der Waals surface area (Å²) in [7, 11) is 0. The largest absolute Gasteiger partial charge is 0.367 e. The number of aromatic nitrogens is 1. The Labute approximate surface area is 129 Å². The second kappa shape index (κ2) is 7.01. The number of rotatable bonds is 6. The molecule has 0 fully saturated rings. The van der Waals surface area contributed by atoms with Crippen LogP contribution in [0.3, 0.4) is 0 Å². The molecule has 2 aromatic heterocycles. The quantitative estimate of drug-likeness (QED) is 0.795. The normalized spacial score (nSPS) is 10.7. The fourth-order valence-corrected chi connectivity index (χ4v) is 3.10. The number of nitrogens with one attached hydrogen (secondary N) is 1. The number of amides is 1. The number of halogens is 1. The zero-order valence-electron chi connectivity index (χ0n) is 10.8. The van der Waals surface area contributed by atoms with Crippen LogP contribution >= 0.6 is 34.7 Å². The molecule has 0 aliphatic carbocycles. The van der Waals surface area contributed by atoms with Crippen molar-refractivity contribution in [1.29, 1.82) is 0 Å². The lowest BCUT2D eigenvalue weighted by molar-refractivity contribution is 0.0955. The Morgan fingerprint density at radius 1 is 1.60 bits per heavy atom. The summed E-state index contributed by atoms with van der Waals surface area (Å²) >= 11 is 8.95. The zero-order chi connectivity index (χ0) is 14.5. The van der Waals surface area contributed by atoms with Gasteiger partial charge < -0.3 is 15.6 Å². The lowest BCUT2D eigenvalue weighted by Crippen LogP contribution is -2.25. The van der Waals surface area contributed by atoms with Gasteiger partial charge in [0.05, 0.1) is 9.21 Å². The molecule has 0 aliphatic heterocycles. The van der Waals surface area contributed by atoms with Crippen LogP contribution in [-0.4, -0.2) is 29.6 Å². The van der Waals surface area contributed by atoms with Gasteiger partial charge in [-0.3, -0.25) is 4.79 Å². The summed E-state index contributed by atoms with van der Waals surface area (Å²) in [5.74, 6) is 0.739. The van der Waals surface area contributed by atoms with Crippen molar-refractivity contribution in [3.63, 3.8) is 0 Å². The molecule has 5 nitrogen and oxygen atoms in total. The number of carbonyl (C=O) groups excluding carboxylic acids is 1. The molecule has 2 aromatic rings. The van der Waals surface area contributed by atoms with Crippen LogP contribution in [0.25, 0.3) is 10.6 Å². The molecule has 3 N–H and O–H groups in total. The highest BCUT2D eigenvalue weighted by Crippen LogP contribution is 2.34. The number of nitrogens with zero attached hydrogens (tertiary/aromatic N) is 1. The number of anilines is 1. The van der Waals surface area contributed by atoms with Gasteiger partial charge in [-0.15, -0.1) is 11.3 Å². The summed E-state index contributed by atoms with van der Waals surface area (Å²) in [5, 5.41) is 6.67. The first-order valence-corrected chi connectivity index (χ1v) is 8.50. The first-order valence-electron chi connectivity index (χ1n) is 5.91. The highest BCUT2D eigenvalue weighted by Gasteiger charge is 2.23. The molecular weight excluding hydrogens is 318 g/mol. The molecule has 0 saturated heterocycles. The van der Waals surface area contributed by atoms with E-state index < -0.39 is 0 Å². The minimum absolute atomic E-state index is 0.0203. The Bertz CT molecular complexity index is 597. The predicted octanol–water partition coefficient (Wildman–Crippen LogP) is 3.12. The van der Waals surface area contributed by atoms with Gasteiger partial charge in [0.2, 0.25) is 5.88 Å². The van der Waals surface area contributed by atoms with Gasteiger partial charge in [0, 0.05) is 6.54 Å². The van der Waals surface area contributed by atoms with E-state index in [9.17, 15) is 4.79 Å². The Morgan fingerprint density at radius 2 is 2.40 bits per heavy atom. The summed E-state index contributed by atoms with van der Waals surface area (Å²) in [4.78, 5) is 12.9. The molecule has 0 radical (unpaired) electrons. The first-order chi connectivity index (χ1) is 9.63. The second-order valence-electron chi connectivity index (χ2n) is 3.98. The predicted molar refractivity (Wildman–Crippen MR) is 84.6 cm³/mol. The Balaban J connectivity index is 2.15. The molecule has 0 bridgehead atoms. The molecule has 0 aromatic carbocycles. The molecule has 20 heavy (non-hydrogen) atoms. The van der Waals surface area contributed by atoms with Crippen LogP contribution < -0.4 is 11.1 Å². The molecule has 0 atom stereocenters. The molecule has 8 heteroatoms. The van der Waals surface area contributed by atoms with Crippen molar-refractivity contribution in [2.24, 2.45) is 0 Å². The molecule has 0 unspecified atom stereocenters. The minimum Gasteiger partial charge on any atom is -0.367 e. The highest BCUT2D eigenvalue weighted by atomic mass is 35.5. The highest BCUT2D eigenvalue weighted by molar-refractivity contribution is 7.98. The Morgan fingerprint density at radius 3 is 3.05 bits per heavy atom. The standard InChI is InChI=1S/C12H14ClN3O2S2/c1-19-6-2-5-15-12(17)9-10(16-18-11(9)14)7-3-4-8(13)20-7/h3-4H,2,5-6,14H2,1H3,(H,15,17). The summed E-state index contributed by atoms with van der Waals surface area (Å²) in [5.41, 5.74) is 6.40. The summed E-state index contributed by atoms with van der Waals surface area (Å²) in [6.07, 6.45) is 2.93. The first kappa shape index (κ1) is 15.2. The molecule has 0 saturated carbocycles. The number of carbonyl (C=O) groups is 1. The number of nitrogens with two attached hydrogens (primary N) is 1. The summed E-state index contributed by atoms with van der Waals surface area (Å²) < 4.78 is 5.55. The molecule has 0 spiro atoms. The molecule has 0 aliphatic rings. The number of thioether (sulfide) groups is 1. The smallest absolute Gasteiger partial charge is 0.259 e. The zero-order valence-corrected chi connectivity index (χ0v) is 13.2. The van der Waals surface area contributed by atoms with E-state index in [0.29, 0.717) is 16.6 Å². The van der Waals surface area contributed by atoms with E-state index in [1.54, 1.807) is 23.9 Å². The lowest BCUT2D eigenvalue weighted by Gasteiger charge is -2.04. The van der Waals surface area contributed by atoms with Gasteiger partial charge in [0.15, 0.2) is 0 Å². The van der Waals surface area contributed by atoms with Crippen molar-refractivity contribution >= 4 is 46.5 Å². The van der Waals surface area contributed by atoms with E-state index in [1.807, 2.05) is 6.26 Å². The van der Waals surface area contributed by atoms with E-state index in [4.69, 9.17) is 21.9 Å². The van der Waals surface area contributed by atoms with Gasteiger partial charge in [-0.25, -0.2) is 0 Å². The maximum atomic E-state index is 12.2. The van der Waals surface area contributed by atoms with Crippen LogP contribution in [0.15, 0.2) is 16.7 Å². The van der Waals surface area contributed by atoms with Gasteiger partial charge >= 0.3 is 0 Å². The Hall–Kier alpha value is -1.18. The molecule has 108 valence electrons. The number of hydrogen-bond donors (Lipinski definition) is 2. The topological polar surface area (TPSA) is 81.2 Å². The average molecular weight is 332 g/mol. The average Bonchev–Trinajstić information content (AvgIpc) is 3.00. The third kappa shape index (κ3) is 3.47.